The van der Waals surface area contributed by atoms with E-state index in [1.54, 1.807) is 0 Å². The molecule has 0 radical (unpaired) electrons. The van der Waals surface area contributed by atoms with Crippen molar-refractivity contribution >= 4 is 0 Å². The van der Waals surface area contributed by atoms with Crippen molar-refractivity contribution in [1.29, 1.82) is 5.26 Å². The lowest BCUT2D eigenvalue weighted by molar-refractivity contribution is 0.290. The third kappa shape index (κ3) is 2.70. The molecule has 1 N–H and O–H groups in total. The average molecular weight is 195 g/mol. The molecule has 1 heterocycles. The molecule has 0 saturated carbocycles. The van der Waals surface area contributed by atoms with Crippen molar-refractivity contribution in [1.82, 2.24) is 10.2 Å². The maximum Gasteiger partial charge on any atom is 0.108 e. The highest BCUT2D eigenvalue weighted by Crippen LogP contribution is 2.21. The topological polar surface area (TPSA) is 39.1 Å². The average Bonchev–Trinajstić information content (AvgIpc) is 2.42. The third-order valence-corrected chi connectivity index (χ3v) is 3.11. The first-order valence-electron chi connectivity index (χ1n) is 5.65. The monoisotopic (exact) mass is 195 g/mol. The van der Waals surface area contributed by atoms with Gasteiger partial charge < -0.3 is 4.90 Å². The van der Waals surface area contributed by atoms with Gasteiger partial charge in [0.05, 0.1) is 6.07 Å². The Bertz CT molecular complexity index is 209. The van der Waals surface area contributed by atoms with Gasteiger partial charge in [-0.3, -0.25) is 5.32 Å². The fraction of sp³-hybridized carbons (Fsp3) is 0.909. The summed E-state index contributed by atoms with van der Waals surface area (Å²) >= 11 is 0. The molecular formula is C11H21N3. The largest absolute Gasteiger partial charge is 0.304 e. The van der Waals surface area contributed by atoms with Gasteiger partial charge in [-0.1, -0.05) is 13.8 Å². The van der Waals surface area contributed by atoms with Crippen LogP contribution in [0.5, 0.6) is 0 Å². The van der Waals surface area contributed by atoms with Gasteiger partial charge in [-0.2, -0.15) is 5.26 Å². The first-order chi connectivity index (χ1) is 6.76. The second-order valence-electron chi connectivity index (χ2n) is 4.01. The van der Waals surface area contributed by atoms with E-state index in [0.29, 0.717) is 0 Å². The lowest BCUT2D eigenvalue weighted by atomic mass is 9.92. The Morgan fingerprint density at radius 1 is 1.36 bits per heavy atom. The summed E-state index contributed by atoms with van der Waals surface area (Å²) < 4.78 is 0. The number of nitriles is 1. The van der Waals surface area contributed by atoms with Crippen LogP contribution in [0.25, 0.3) is 0 Å². The number of hydrogen-bond acceptors (Lipinski definition) is 3. The highest BCUT2D eigenvalue weighted by Gasteiger charge is 2.31. The minimum atomic E-state index is -0.251. The molecule has 1 atom stereocenters. The molecule has 0 aliphatic carbocycles. The minimum Gasteiger partial charge on any atom is -0.304 e. The molecule has 0 aromatic carbocycles. The highest BCUT2D eigenvalue weighted by molar-refractivity contribution is 5.08. The Balaban J connectivity index is 2.58. The summed E-state index contributed by atoms with van der Waals surface area (Å²) in [6, 6.07) is 2.47. The zero-order valence-corrected chi connectivity index (χ0v) is 9.34. The molecule has 1 aliphatic heterocycles. The van der Waals surface area contributed by atoms with E-state index in [1.165, 1.54) is 0 Å². The summed E-state index contributed by atoms with van der Waals surface area (Å²) in [6.07, 6.45) is 3.09. The molecule has 1 rings (SSSR count). The molecule has 0 aromatic rings. The Kier molecular flexibility index (Phi) is 4.37. The molecule has 1 saturated heterocycles. The van der Waals surface area contributed by atoms with Crippen molar-refractivity contribution in [3.05, 3.63) is 0 Å². The van der Waals surface area contributed by atoms with E-state index >= 15 is 0 Å². The third-order valence-electron chi connectivity index (χ3n) is 3.11. The number of hydrogen-bond donors (Lipinski definition) is 1. The van der Waals surface area contributed by atoms with Gasteiger partial charge in [0.15, 0.2) is 0 Å². The van der Waals surface area contributed by atoms with Gasteiger partial charge >= 0.3 is 0 Å². The van der Waals surface area contributed by atoms with E-state index in [-0.39, 0.29) is 5.54 Å². The van der Waals surface area contributed by atoms with Gasteiger partial charge in [0.2, 0.25) is 0 Å². The molecule has 1 aliphatic rings. The first kappa shape index (κ1) is 11.5. The summed E-state index contributed by atoms with van der Waals surface area (Å²) in [5, 5.41) is 12.6. The van der Waals surface area contributed by atoms with E-state index < -0.39 is 0 Å². The molecule has 1 unspecified atom stereocenters. The van der Waals surface area contributed by atoms with E-state index in [0.717, 1.165) is 45.4 Å². The number of rotatable bonds is 3. The molecule has 0 aromatic heterocycles. The number of nitrogens with zero attached hydrogens (tertiary/aromatic N) is 2. The second-order valence-corrected chi connectivity index (χ2v) is 4.01. The summed E-state index contributed by atoms with van der Waals surface area (Å²) in [7, 11) is 0. The molecular weight excluding hydrogens is 174 g/mol. The molecule has 80 valence electrons. The highest BCUT2D eigenvalue weighted by atomic mass is 15.1. The van der Waals surface area contributed by atoms with Crippen molar-refractivity contribution in [3.63, 3.8) is 0 Å². The molecule has 3 heteroatoms. The number of likely N-dealkylation sites (tertiary alicyclic amines) is 1. The van der Waals surface area contributed by atoms with Crippen LogP contribution in [-0.4, -0.2) is 36.6 Å². The summed E-state index contributed by atoms with van der Waals surface area (Å²) in [4.78, 5) is 2.43. The molecule has 3 nitrogen and oxygen atoms in total. The van der Waals surface area contributed by atoms with Crippen molar-refractivity contribution in [2.75, 3.05) is 26.2 Å². The van der Waals surface area contributed by atoms with Crippen LogP contribution in [0.2, 0.25) is 0 Å². The first-order valence-corrected chi connectivity index (χ1v) is 5.65. The predicted octanol–water partition coefficient (Wildman–Crippen LogP) is 1.36. The van der Waals surface area contributed by atoms with Crippen LogP contribution in [0.4, 0.5) is 0 Å². The van der Waals surface area contributed by atoms with Crippen molar-refractivity contribution in [2.45, 2.75) is 38.6 Å². The van der Waals surface area contributed by atoms with Crippen LogP contribution in [0.15, 0.2) is 0 Å². The Morgan fingerprint density at radius 3 is 2.71 bits per heavy atom. The number of nitrogens with one attached hydrogen (secondary N) is 1. The van der Waals surface area contributed by atoms with Crippen LogP contribution in [0.3, 0.4) is 0 Å². The lowest BCUT2D eigenvalue weighted by Gasteiger charge is -2.25. The summed E-state index contributed by atoms with van der Waals surface area (Å²) in [5.74, 6) is 0. The van der Waals surface area contributed by atoms with Gasteiger partial charge in [0, 0.05) is 6.54 Å². The van der Waals surface area contributed by atoms with Crippen LogP contribution in [0.1, 0.15) is 33.1 Å². The van der Waals surface area contributed by atoms with Crippen LogP contribution in [0, 0.1) is 11.3 Å². The Hall–Kier alpha value is -0.590. The minimum absolute atomic E-state index is 0.251. The summed E-state index contributed by atoms with van der Waals surface area (Å²) in [5.41, 5.74) is -0.251. The lowest BCUT2D eigenvalue weighted by Crippen LogP contribution is -2.44. The summed E-state index contributed by atoms with van der Waals surface area (Å²) in [6.45, 7) is 8.45. The van der Waals surface area contributed by atoms with Crippen molar-refractivity contribution in [2.24, 2.45) is 0 Å². The fourth-order valence-corrected chi connectivity index (χ4v) is 2.17. The SMILES string of the molecule is CCNC1(C#N)CCCN(CC)CC1. The van der Waals surface area contributed by atoms with Gasteiger partial charge in [0.1, 0.15) is 5.54 Å². The predicted molar refractivity (Wildman–Crippen MR) is 58.0 cm³/mol. The van der Waals surface area contributed by atoms with Crippen molar-refractivity contribution < 1.29 is 0 Å². The zero-order chi connectivity index (χ0) is 10.4. The maximum atomic E-state index is 9.23. The molecule has 14 heavy (non-hydrogen) atoms. The smallest absolute Gasteiger partial charge is 0.108 e. The molecule has 0 bridgehead atoms. The van der Waals surface area contributed by atoms with Gasteiger partial charge in [-0.15, -0.1) is 0 Å². The second kappa shape index (κ2) is 5.33. The Labute approximate surface area is 87.1 Å². The van der Waals surface area contributed by atoms with Crippen LogP contribution >= 0.6 is 0 Å². The maximum absolute atomic E-state index is 9.23. The van der Waals surface area contributed by atoms with Gasteiger partial charge in [0.25, 0.3) is 0 Å². The Morgan fingerprint density at radius 2 is 2.14 bits per heavy atom. The zero-order valence-electron chi connectivity index (χ0n) is 9.34. The van der Waals surface area contributed by atoms with Crippen LogP contribution < -0.4 is 5.32 Å². The fourth-order valence-electron chi connectivity index (χ4n) is 2.17. The van der Waals surface area contributed by atoms with E-state index in [2.05, 4.69) is 30.1 Å². The normalized spacial score (nSPS) is 29.5. The molecule has 0 spiro atoms. The standard InChI is InChI=1S/C11H21N3/c1-3-13-11(10-12)6-5-8-14(4-2)9-7-11/h13H,3-9H2,1-2H3. The van der Waals surface area contributed by atoms with E-state index in [4.69, 9.17) is 0 Å². The van der Waals surface area contributed by atoms with E-state index in [1.807, 2.05) is 0 Å². The molecule has 1 fully saturated rings. The van der Waals surface area contributed by atoms with Gasteiger partial charge in [-0.25, -0.2) is 0 Å². The van der Waals surface area contributed by atoms with Crippen molar-refractivity contribution in [3.8, 4) is 6.07 Å². The quantitative estimate of drug-likeness (QED) is 0.739. The molecule has 0 amide bonds. The van der Waals surface area contributed by atoms with Crippen LogP contribution in [-0.2, 0) is 0 Å². The van der Waals surface area contributed by atoms with E-state index in [9.17, 15) is 5.26 Å². The van der Waals surface area contributed by atoms with Gasteiger partial charge in [-0.05, 0) is 38.9 Å².